The van der Waals surface area contributed by atoms with E-state index in [1.54, 1.807) is 0 Å². The molecule has 3 N–H and O–H groups in total. The molecule has 0 rings (SSSR count). The summed E-state index contributed by atoms with van der Waals surface area (Å²) in [6, 6.07) is 0. The van der Waals surface area contributed by atoms with E-state index < -0.39 is 97.5 Å². The minimum atomic E-state index is -5.00. The number of ether oxygens (including phenoxy) is 4. The summed E-state index contributed by atoms with van der Waals surface area (Å²) in [5.41, 5.74) is 0. The van der Waals surface area contributed by atoms with Crippen LogP contribution in [0.2, 0.25) is 0 Å². The average Bonchev–Trinajstić information content (AvgIpc) is 0.943. The monoisotopic (exact) mass is 1510 g/mol. The molecular weight excluding hydrogens is 1350 g/mol. The number of phosphoric ester groups is 2. The number of phosphoric acid groups is 2. The van der Waals surface area contributed by atoms with Crippen LogP contribution in [0.3, 0.4) is 0 Å². The predicted molar refractivity (Wildman–Crippen MR) is 427 cm³/mol. The first-order chi connectivity index (χ1) is 50.7. The number of unbranched alkanes of at least 4 members (excludes halogenated alkanes) is 36. The topological polar surface area (TPSA) is 237 Å². The van der Waals surface area contributed by atoms with Gasteiger partial charge < -0.3 is 33.8 Å². The highest BCUT2D eigenvalue weighted by Gasteiger charge is 2.30. The van der Waals surface area contributed by atoms with E-state index in [0.29, 0.717) is 32.1 Å². The third-order valence-electron chi connectivity index (χ3n) is 17.5. The van der Waals surface area contributed by atoms with Crippen molar-refractivity contribution in [3.63, 3.8) is 0 Å². The molecule has 0 saturated heterocycles. The summed E-state index contributed by atoms with van der Waals surface area (Å²) in [5, 5.41) is 10.7. The van der Waals surface area contributed by atoms with Crippen LogP contribution < -0.4 is 0 Å². The normalized spacial score (nSPS) is 14.3. The molecule has 0 aromatic rings. The number of aliphatic hydroxyl groups is 1. The Labute approximate surface area is 633 Å². The van der Waals surface area contributed by atoms with Gasteiger partial charge in [0.05, 0.1) is 26.4 Å². The van der Waals surface area contributed by atoms with Crippen molar-refractivity contribution in [2.75, 3.05) is 39.6 Å². The second kappa shape index (κ2) is 77.1. The van der Waals surface area contributed by atoms with Crippen LogP contribution in [0.15, 0.2) is 97.2 Å². The fraction of sp³-hybridized carbons (Fsp3) is 0.765. The Morgan fingerprint density at radius 3 is 0.837 bits per heavy atom. The Bertz CT molecular complexity index is 2350. The summed E-state index contributed by atoms with van der Waals surface area (Å²) < 4.78 is 68.6. The van der Waals surface area contributed by atoms with Gasteiger partial charge in [-0.25, -0.2) is 9.13 Å². The van der Waals surface area contributed by atoms with Crippen molar-refractivity contribution in [1.82, 2.24) is 0 Å². The molecule has 0 saturated carbocycles. The number of allylic oxidation sites excluding steroid dienone is 16. The molecule has 0 aliphatic rings. The maximum Gasteiger partial charge on any atom is 0.472 e. The standard InChI is InChI=1S/C85H150O17P2/c1-5-9-13-17-21-25-29-33-37-38-39-40-44-48-52-56-60-64-68-72-85(90)102-81(76-96-83(88)70-66-62-58-54-50-46-42-35-31-27-23-19-15-11-7-3)78-100-104(93,94)98-74-79(86)73-97-103(91,92)99-77-80(101-84(89)71-67-63-59-55-51-47-43-36-32-28-24-20-16-12-8-4)75-95-82(87)69-65-61-57-53-49-45-41-34-30-26-22-18-14-10-6-2/h9,13,21,25,27-28,31-33,37,39-40,48,52,60,64,79-81,86H,5-8,10-12,14-20,22-24,26,29-30,34-36,38,41-47,49-51,53-59,61-63,65-78H2,1-4H3,(H,91,92)(H,93,94)/b13-9-,25-21-,31-27-,32-28-,37-33-,40-39-,52-48-,64-60-/t79-,80+,81+/m0/s1. The average molecular weight is 1510 g/mol. The summed E-state index contributed by atoms with van der Waals surface area (Å²) in [6.45, 7) is 4.71. The molecule has 5 atom stereocenters. The van der Waals surface area contributed by atoms with Crippen molar-refractivity contribution >= 4 is 39.5 Å². The third kappa shape index (κ3) is 76.2. The predicted octanol–water partition coefficient (Wildman–Crippen LogP) is 24.3. The lowest BCUT2D eigenvalue weighted by Gasteiger charge is -2.21. The smallest absolute Gasteiger partial charge is 0.462 e. The molecule has 17 nitrogen and oxygen atoms in total. The molecule has 0 aliphatic carbocycles. The molecule has 602 valence electrons. The van der Waals surface area contributed by atoms with E-state index in [4.69, 9.17) is 37.0 Å². The largest absolute Gasteiger partial charge is 0.472 e. The van der Waals surface area contributed by atoms with E-state index in [0.717, 1.165) is 141 Å². The summed E-state index contributed by atoms with van der Waals surface area (Å²) in [7, 11) is -9.98. The van der Waals surface area contributed by atoms with Crippen LogP contribution in [-0.2, 0) is 65.4 Å². The second-order valence-corrected chi connectivity index (χ2v) is 30.6. The van der Waals surface area contributed by atoms with Gasteiger partial charge in [-0.1, -0.05) is 318 Å². The van der Waals surface area contributed by atoms with Crippen molar-refractivity contribution in [3.05, 3.63) is 97.2 Å². The van der Waals surface area contributed by atoms with Crippen molar-refractivity contribution in [3.8, 4) is 0 Å². The molecule has 0 amide bonds. The molecule has 0 bridgehead atoms. The van der Waals surface area contributed by atoms with Crippen LogP contribution in [0.25, 0.3) is 0 Å². The lowest BCUT2D eigenvalue weighted by atomic mass is 10.0. The zero-order valence-corrected chi connectivity index (χ0v) is 67.7. The number of rotatable bonds is 78. The van der Waals surface area contributed by atoms with Gasteiger partial charge in [-0.2, -0.15) is 0 Å². The van der Waals surface area contributed by atoms with E-state index in [-0.39, 0.29) is 25.7 Å². The van der Waals surface area contributed by atoms with E-state index in [2.05, 4.69) is 107 Å². The van der Waals surface area contributed by atoms with Crippen molar-refractivity contribution in [2.24, 2.45) is 0 Å². The van der Waals surface area contributed by atoms with Gasteiger partial charge in [0.25, 0.3) is 0 Å². The molecular formula is C85H150O17P2. The lowest BCUT2D eigenvalue weighted by molar-refractivity contribution is -0.161. The van der Waals surface area contributed by atoms with Crippen molar-refractivity contribution in [2.45, 2.75) is 380 Å². The fourth-order valence-corrected chi connectivity index (χ4v) is 12.8. The van der Waals surface area contributed by atoms with Crippen LogP contribution in [0.5, 0.6) is 0 Å². The highest BCUT2D eigenvalue weighted by molar-refractivity contribution is 7.47. The number of carbonyl (C=O) groups excluding carboxylic acids is 4. The van der Waals surface area contributed by atoms with Crippen LogP contribution in [-0.4, -0.2) is 96.7 Å². The van der Waals surface area contributed by atoms with Gasteiger partial charge in [0.1, 0.15) is 19.3 Å². The maximum absolute atomic E-state index is 13.1. The first-order valence-electron chi connectivity index (χ1n) is 41.5. The van der Waals surface area contributed by atoms with Crippen molar-refractivity contribution in [1.29, 1.82) is 0 Å². The van der Waals surface area contributed by atoms with Gasteiger partial charge >= 0.3 is 39.5 Å². The van der Waals surface area contributed by atoms with E-state index in [1.165, 1.54) is 135 Å². The van der Waals surface area contributed by atoms with Gasteiger partial charge in [-0.3, -0.25) is 37.3 Å². The molecule has 0 spiro atoms. The number of carbonyl (C=O) groups is 4. The summed E-state index contributed by atoms with van der Waals surface area (Å²) >= 11 is 0. The van der Waals surface area contributed by atoms with Gasteiger partial charge in [-0.15, -0.1) is 0 Å². The van der Waals surface area contributed by atoms with Crippen molar-refractivity contribution < 1.29 is 80.2 Å². The zero-order chi connectivity index (χ0) is 76.0. The number of aliphatic hydroxyl groups excluding tert-OH is 1. The zero-order valence-electron chi connectivity index (χ0n) is 65.9. The Hall–Kier alpha value is -4.02. The van der Waals surface area contributed by atoms with Gasteiger partial charge in [-0.05, 0) is 116 Å². The quantitative estimate of drug-likeness (QED) is 0.0169. The summed E-state index contributed by atoms with van der Waals surface area (Å²) in [6.07, 6.45) is 82.5. The number of hydrogen-bond acceptors (Lipinski definition) is 15. The van der Waals surface area contributed by atoms with Gasteiger partial charge in [0.15, 0.2) is 12.2 Å². The molecule has 0 heterocycles. The first-order valence-corrected chi connectivity index (χ1v) is 44.5. The Kier molecular flexibility index (Phi) is 74.2. The molecule has 0 aromatic heterocycles. The molecule has 0 radical (unpaired) electrons. The third-order valence-corrected chi connectivity index (χ3v) is 19.4. The van der Waals surface area contributed by atoms with E-state index in [9.17, 15) is 43.2 Å². The SMILES string of the molecule is CC/C=C\C/C=C\C/C=C\C/C=C\C/C=C\C/C=C\CCC(=O)O[C@H](COC(=O)CCCCCCCCC/C=C\CCCCCC)COP(=O)(O)OC[C@@H](O)COP(=O)(O)OC[C@@H](COC(=O)CCCCCCCCCCCCCCCCC)OC(=O)CCCCCCCCC/C=C\CCCCCC. The number of hydrogen-bond donors (Lipinski definition) is 3. The molecule has 0 aliphatic heterocycles. The highest BCUT2D eigenvalue weighted by Crippen LogP contribution is 2.45. The minimum absolute atomic E-state index is 0.0302. The Morgan fingerprint density at radius 1 is 0.279 bits per heavy atom. The number of esters is 4. The van der Waals surface area contributed by atoms with Crippen LogP contribution in [0.1, 0.15) is 362 Å². The Morgan fingerprint density at radius 2 is 0.519 bits per heavy atom. The van der Waals surface area contributed by atoms with E-state index in [1.807, 2.05) is 18.2 Å². The van der Waals surface area contributed by atoms with E-state index >= 15 is 0 Å². The summed E-state index contributed by atoms with van der Waals surface area (Å²) in [5.74, 6) is -2.26. The van der Waals surface area contributed by atoms with Crippen LogP contribution >= 0.6 is 15.6 Å². The summed E-state index contributed by atoms with van der Waals surface area (Å²) in [4.78, 5) is 73.1. The lowest BCUT2D eigenvalue weighted by Crippen LogP contribution is -2.30. The first kappa shape index (κ1) is 100.0. The second-order valence-electron chi connectivity index (χ2n) is 27.7. The maximum atomic E-state index is 13.1. The molecule has 0 fully saturated rings. The fourth-order valence-electron chi connectivity index (χ4n) is 11.2. The molecule has 0 aromatic carbocycles. The van der Waals surface area contributed by atoms with Crippen LogP contribution in [0, 0.1) is 0 Å². The van der Waals surface area contributed by atoms with Gasteiger partial charge in [0.2, 0.25) is 0 Å². The minimum Gasteiger partial charge on any atom is -0.462 e. The Balaban J connectivity index is 5.42. The highest BCUT2D eigenvalue weighted by atomic mass is 31.2. The molecule has 19 heteroatoms. The molecule has 104 heavy (non-hydrogen) atoms. The van der Waals surface area contributed by atoms with Gasteiger partial charge in [0, 0.05) is 25.7 Å². The van der Waals surface area contributed by atoms with Crippen LogP contribution in [0.4, 0.5) is 0 Å². The molecule has 2 unspecified atom stereocenters.